The number of pyridine rings is 1. The van der Waals surface area contributed by atoms with E-state index >= 15 is 0 Å². The molecule has 0 radical (unpaired) electrons. The molecule has 1 heterocycles. The van der Waals surface area contributed by atoms with Crippen LogP contribution in [0.15, 0.2) is 42.6 Å². The Hall–Kier alpha value is -2.14. The van der Waals surface area contributed by atoms with Crippen LogP contribution >= 0.6 is 0 Å². The van der Waals surface area contributed by atoms with Crippen LogP contribution in [0.2, 0.25) is 0 Å². The highest BCUT2D eigenvalue weighted by Crippen LogP contribution is 2.27. The van der Waals surface area contributed by atoms with Gasteiger partial charge in [0.1, 0.15) is 0 Å². The van der Waals surface area contributed by atoms with Gasteiger partial charge < -0.3 is 0 Å². The monoisotopic (exact) mass is 222 g/mol. The van der Waals surface area contributed by atoms with Crippen LogP contribution in [-0.4, -0.2) is 4.98 Å². The number of hydrogen-bond acceptors (Lipinski definition) is 2. The third-order valence-corrected chi connectivity index (χ3v) is 2.69. The standard InChI is InChI=1S/C15H14N2/c1-11(2)15-14(7-4-8-17-15)13-6-3-5-12(9-13)10-16/h3-9,11H,1-2H3. The Morgan fingerprint density at radius 3 is 2.71 bits per heavy atom. The minimum Gasteiger partial charge on any atom is -0.260 e. The SMILES string of the molecule is CC(C)c1ncccc1-c1cccc(C#N)c1. The van der Waals surface area contributed by atoms with E-state index in [1.807, 2.05) is 36.5 Å². The minimum absolute atomic E-state index is 0.372. The van der Waals surface area contributed by atoms with Crippen LogP contribution < -0.4 is 0 Å². The molecule has 2 rings (SSSR count). The molecule has 0 unspecified atom stereocenters. The molecule has 0 aliphatic carbocycles. The van der Waals surface area contributed by atoms with Gasteiger partial charge in [0.2, 0.25) is 0 Å². The lowest BCUT2D eigenvalue weighted by molar-refractivity contribution is 0.826. The van der Waals surface area contributed by atoms with E-state index in [0.717, 1.165) is 16.8 Å². The first-order chi connectivity index (χ1) is 8.22. The number of aromatic nitrogens is 1. The van der Waals surface area contributed by atoms with Gasteiger partial charge in [-0.15, -0.1) is 0 Å². The maximum atomic E-state index is 8.92. The van der Waals surface area contributed by atoms with Crippen LogP contribution in [0.4, 0.5) is 0 Å². The Kier molecular flexibility index (Phi) is 3.20. The summed E-state index contributed by atoms with van der Waals surface area (Å²) in [5.41, 5.74) is 3.92. The lowest BCUT2D eigenvalue weighted by atomic mass is 9.97. The summed E-state index contributed by atoms with van der Waals surface area (Å²) in [7, 11) is 0. The summed E-state index contributed by atoms with van der Waals surface area (Å²) in [6, 6.07) is 13.8. The molecule has 0 aliphatic heterocycles. The minimum atomic E-state index is 0.372. The topological polar surface area (TPSA) is 36.7 Å². The summed E-state index contributed by atoms with van der Waals surface area (Å²) in [6.07, 6.45) is 1.81. The number of nitriles is 1. The van der Waals surface area contributed by atoms with Crippen molar-refractivity contribution in [2.24, 2.45) is 0 Å². The molecule has 2 aromatic rings. The van der Waals surface area contributed by atoms with E-state index < -0.39 is 0 Å². The maximum absolute atomic E-state index is 8.92. The molecule has 17 heavy (non-hydrogen) atoms. The molecule has 0 saturated heterocycles. The van der Waals surface area contributed by atoms with Crippen LogP contribution in [0, 0.1) is 11.3 Å². The Morgan fingerprint density at radius 1 is 1.18 bits per heavy atom. The number of rotatable bonds is 2. The molecular formula is C15H14N2. The molecule has 0 aliphatic rings. The normalized spacial score (nSPS) is 10.2. The lowest BCUT2D eigenvalue weighted by Gasteiger charge is -2.11. The van der Waals surface area contributed by atoms with Gasteiger partial charge in [-0.25, -0.2) is 0 Å². The molecule has 1 aromatic heterocycles. The van der Waals surface area contributed by atoms with Crippen LogP contribution in [0.5, 0.6) is 0 Å². The van der Waals surface area contributed by atoms with Crippen molar-refractivity contribution in [1.29, 1.82) is 5.26 Å². The molecule has 0 bridgehead atoms. The highest BCUT2D eigenvalue weighted by Gasteiger charge is 2.09. The van der Waals surface area contributed by atoms with Gasteiger partial charge in [0.15, 0.2) is 0 Å². The smallest absolute Gasteiger partial charge is 0.0991 e. The van der Waals surface area contributed by atoms with E-state index in [1.54, 1.807) is 0 Å². The van der Waals surface area contributed by atoms with Gasteiger partial charge in [0, 0.05) is 11.8 Å². The van der Waals surface area contributed by atoms with Crippen molar-refractivity contribution in [3.8, 4) is 17.2 Å². The molecule has 2 heteroatoms. The van der Waals surface area contributed by atoms with Crippen LogP contribution in [0.1, 0.15) is 31.0 Å². The summed E-state index contributed by atoms with van der Waals surface area (Å²) in [5, 5.41) is 8.92. The Balaban J connectivity index is 2.57. The third kappa shape index (κ3) is 2.34. The molecule has 0 atom stereocenters. The van der Waals surface area contributed by atoms with Crippen LogP contribution in [-0.2, 0) is 0 Å². The quantitative estimate of drug-likeness (QED) is 0.776. The van der Waals surface area contributed by atoms with Crippen LogP contribution in [0.25, 0.3) is 11.1 Å². The summed E-state index contributed by atoms with van der Waals surface area (Å²) in [6.45, 7) is 4.25. The molecule has 0 fully saturated rings. The van der Waals surface area contributed by atoms with Crippen molar-refractivity contribution in [1.82, 2.24) is 4.98 Å². The molecule has 2 nitrogen and oxygen atoms in total. The van der Waals surface area contributed by atoms with Crippen molar-refractivity contribution < 1.29 is 0 Å². The van der Waals surface area contributed by atoms with E-state index in [1.165, 1.54) is 0 Å². The summed E-state index contributed by atoms with van der Waals surface area (Å²) >= 11 is 0. The highest BCUT2D eigenvalue weighted by atomic mass is 14.7. The predicted molar refractivity (Wildman–Crippen MR) is 68.5 cm³/mol. The van der Waals surface area contributed by atoms with Gasteiger partial charge >= 0.3 is 0 Å². The van der Waals surface area contributed by atoms with Crippen molar-refractivity contribution in [2.45, 2.75) is 19.8 Å². The maximum Gasteiger partial charge on any atom is 0.0991 e. The first kappa shape index (κ1) is 11.3. The van der Waals surface area contributed by atoms with E-state index in [-0.39, 0.29) is 0 Å². The zero-order valence-corrected chi connectivity index (χ0v) is 10.0. The van der Waals surface area contributed by atoms with Crippen molar-refractivity contribution in [3.63, 3.8) is 0 Å². The van der Waals surface area contributed by atoms with Crippen molar-refractivity contribution in [3.05, 3.63) is 53.9 Å². The second-order valence-corrected chi connectivity index (χ2v) is 4.28. The van der Waals surface area contributed by atoms with Gasteiger partial charge in [0.25, 0.3) is 0 Å². The van der Waals surface area contributed by atoms with E-state index in [4.69, 9.17) is 5.26 Å². The lowest BCUT2D eigenvalue weighted by Crippen LogP contribution is -1.96. The third-order valence-electron chi connectivity index (χ3n) is 2.69. The molecular weight excluding hydrogens is 208 g/mol. The predicted octanol–water partition coefficient (Wildman–Crippen LogP) is 3.74. The average Bonchev–Trinajstić information content (AvgIpc) is 2.39. The Labute approximate surface area is 102 Å². The molecule has 0 N–H and O–H groups in total. The fraction of sp³-hybridized carbons (Fsp3) is 0.200. The van der Waals surface area contributed by atoms with E-state index in [9.17, 15) is 0 Å². The summed E-state index contributed by atoms with van der Waals surface area (Å²) in [5.74, 6) is 0.372. The summed E-state index contributed by atoms with van der Waals surface area (Å²) < 4.78 is 0. The second kappa shape index (κ2) is 4.80. The first-order valence-corrected chi connectivity index (χ1v) is 5.68. The fourth-order valence-electron chi connectivity index (χ4n) is 1.88. The highest BCUT2D eigenvalue weighted by molar-refractivity contribution is 5.67. The number of benzene rings is 1. The van der Waals surface area contributed by atoms with Gasteiger partial charge in [-0.1, -0.05) is 32.0 Å². The Bertz CT molecular complexity index is 565. The van der Waals surface area contributed by atoms with Gasteiger partial charge in [0.05, 0.1) is 17.3 Å². The Morgan fingerprint density at radius 2 is 2.00 bits per heavy atom. The fourth-order valence-corrected chi connectivity index (χ4v) is 1.88. The molecule has 0 amide bonds. The zero-order chi connectivity index (χ0) is 12.3. The van der Waals surface area contributed by atoms with Gasteiger partial charge in [-0.05, 0) is 29.7 Å². The molecule has 84 valence electrons. The number of hydrogen-bond donors (Lipinski definition) is 0. The van der Waals surface area contributed by atoms with Gasteiger partial charge in [-0.2, -0.15) is 5.26 Å². The van der Waals surface area contributed by atoms with E-state index in [2.05, 4.69) is 31.0 Å². The first-order valence-electron chi connectivity index (χ1n) is 5.68. The van der Waals surface area contributed by atoms with Crippen molar-refractivity contribution >= 4 is 0 Å². The van der Waals surface area contributed by atoms with E-state index in [0.29, 0.717) is 11.5 Å². The molecule has 0 saturated carbocycles. The number of nitrogens with zero attached hydrogens (tertiary/aromatic N) is 2. The largest absolute Gasteiger partial charge is 0.260 e. The second-order valence-electron chi connectivity index (χ2n) is 4.28. The average molecular weight is 222 g/mol. The molecule has 0 spiro atoms. The molecule has 1 aromatic carbocycles. The van der Waals surface area contributed by atoms with Gasteiger partial charge in [-0.3, -0.25) is 4.98 Å². The summed E-state index contributed by atoms with van der Waals surface area (Å²) in [4.78, 5) is 4.43. The zero-order valence-electron chi connectivity index (χ0n) is 10.0. The van der Waals surface area contributed by atoms with Crippen molar-refractivity contribution in [2.75, 3.05) is 0 Å². The van der Waals surface area contributed by atoms with Crippen LogP contribution in [0.3, 0.4) is 0 Å².